The summed E-state index contributed by atoms with van der Waals surface area (Å²) < 4.78 is 17.4. The Morgan fingerprint density at radius 3 is 2.64 bits per heavy atom. The zero-order chi connectivity index (χ0) is 23.5. The Morgan fingerprint density at radius 1 is 1.15 bits per heavy atom. The third-order valence-corrected chi connectivity index (χ3v) is 6.56. The summed E-state index contributed by atoms with van der Waals surface area (Å²) in [6.07, 6.45) is 1.38. The fourth-order valence-corrected chi connectivity index (χ4v) is 4.53. The predicted molar refractivity (Wildman–Crippen MR) is 128 cm³/mol. The van der Waals surface area contributed by atoms with Gasteiger partial charge < -0.3 is 14.2 Å². The number of halogens is 1. The third-order valence-electron chi connectivity index (χ3n) is 5.30. The van der Waals surface area contributed by atoms with Gasteiger partial charge in [0, 0.05) is 21.5 Å². The van der Waals surface area contributed by atoms with Gasteiger partial charge >= 0.3 is 5.97 Å². The van der Waals surface area contributed by atoms with Gasteiger partial charge in [0.25, 0.3) is 5.56 Å². The molecule has 0 bridgehead atoms. The molecule has 0 radical (unpaired) electrons. The van der Waals surface area contributed by atoms with E-state index in [-0.39, 0.29) is 12.2 Å². The van der Waals surface area contributed by atoms with E-state index < -0.39 is 12.0 Å². The molecule has 0 N–H and O–H groups in total. The van der Waals surface area contributed by atoms with Crippen LogP contribution in [0.1, 0.15) is 18.5 Å². The molecule has 7 nitrogen and oxygen atoms in total. The number of hydrogen-bond donors (Lipinski definition) is 0. The maximum atomic E-state index is 13.4. The van der Waals surface area contributed by atoms with Crippen molar-refractivity contribution < 1.29 is 19.0 Å². The summed E-state index contributed by atoms with van der Waals surface area (Å²) >= 11 is 7.48. The first-order valence-electron chi connectivity index (χ1n) is 10.1. The van der Waals surface area contributed by atoms with Crippen LogP contribution in [0, 0.1) is 0 Å². The van der Waals surface area contributed by atoms with Crippen LogP contribution in [0.25, 0.3) is 21.3 Å². The molecule has 0 saturated carbocycles. The van der Waals surface area contributed by atoms with Crippen molar-refractivity contribution in [2.75, 3.05) is 14.2 Å². The standard InChI is InChI=1S/C24H21ClN2O5S/c1-14(24(29)32-11-16-6-4-5-7-18(16)25)27-13-26-22-21(23(27)28)17(12-33-22)15-8-9-19(30-2)20(10-15)31-3/h4-10,12-14H,11H2,1-3H3. The number of nitrogens with zero attached hydrogens (tertiary/aromatic N) is 2. The van der Waals surface area contributed by atoms with Gasteiger partial charge in [-0.3, -0.25) is 9.36 Å². The molecule has 9 heteroatoms. The second-order valence-electron chi connectivity index (χ2n) is 7.23. The molecule has 0 fully saturated rings. The topological polar surface area (TPSA) is 79.7 Å². The van der Waals surface area contributed by atoms with E-state index in [2.05, 4.69) is 4.98 Å². The van der Waals surface area contributed by atoms with E-state index >= 15 is 0 Å². The van der Waals surface area contributed by atoms with Crippen LogP contribution in [0.15, 0.2) is 59.0 Å². The lowest BCUT2D eigenvalue weighted by atomic mass is 10.1. The van der Waals surface area contributed by atoms with Crippen LogP contribution in [-0.4, -0.2) is 29.7 Å². The summed E-state index contributed by atoms with van der Waals surface area (Å²) in [5, 5.41) is 2.81. The molecular weight excluding hydrogens is 464 g/mol. The molecule has 0 aliphatic carbocycles. The van der Waals surface area contributed by atoms with Crippen molar-refractivity contribution in [2.24, 2.45) is 0 Å². The van der Waals surface area contributed by atoms with Gasteiger partial charge in [-0.1, -0.05) is 35.9 Å². The Bertz CT molecular complexity index is 1380. The molecule has 1 unspecified atom stereocenters. The normalized spacial score (nSPS) is 11.9. The first-order chi connectivity index (χ1) is 15.9. The van der Waals surface area contributed by atoms with Crippen LogP contribution in [-0.2, 0) is 16.1 Å². The first kappa shape index (κ1) is 22.8. The number of fused-ring (bicyclic) bond motifs is 1. The van der Waals surface area contributed by atoms with Gasteiger partial charge in [0.2, 0.25) is 0 Å². The maximum absolute atomic E-state index is 13.4. The second kappa shape index (κ2) is 9.64. The van der Waals surface area contributed by atoms with Crippen molar-refractivity contribution in [2.45, 2.75) is 19.6 Å². The Morgan fingerprint density at radius 2 is 1.91 bits per heavy atom. The van der Waals surface area contributed by atoms with E-state index in [9.17, 15) is 9.59 Å². The molecule has 0 aliphatic rings. The van der Waals surface area contributed by atoms with Crippen LogP contribution in [0.3, 0.4) is 0 Å². The molecule has 0 aliphatic heterocycles. The van der Waals surface area contributed by atoms with E-state index in [1.165, 1.54) is 22.2 Å². The molecule has 4 rings (SSSR count). The summed E-state index contributed by atoms with van der Waals surface area (Å²) in [7, 11) is 3.12. The number of thiophene rings is 1. The molecule has 0 spiro atoms. The Balaban J connectivity index is 1.66. The van der Waals surface area contributed by atoms with Crippen molar-refractivity contribution in [1.82, 2.24) is 9.55 Å². The number of methoxy groups -OCH3 is 2. The minimum atomic E-state index is -0.866. The number of rotatable bonds is 7. The molecule has 4 aromatic rings. The van der Waals surface area contributed by atoms with Crippen molar-refractivity contribution in [3.05, 3.63) is 75.1 Å². The highest BCUT2D eigenvalue weighted by atomic mass is 35.5. The Kier molecular flexibility index (Phi) is 6.67. The highest BCUT2D eigenvalue weighted by Gasteiger charge is 2.22. The molecule has 0 saturated heterocycles. The average molecular weight is 485 g/mol. The summed E-state index contributed by atoms with van der Waals surface area (Å²) in [6.45, 7) is 1.62. The van der Waals surface area contributed by atoms with Gasteiger partial charge in [0.05, 0.1) is 25.9 Å². The highest BCUT2D eigenvalue weighted by Crippen LogP contribution is 2.36. The van der Waals surface area contributed by atoms with Crippen LogP contribution < -0.4 is 15.0 Å². The number of carbonyl (C=O) groups is 1. The summed E-state index contributed by atoms with van der Waals surface area (Å²) in [4.78, 5) is 31.0. The van der Waals surface area contributed by atoms with E-state index in [0.717, 1.165) is 5.56 Å². The van der Waals surface area contributed by atoms with E-state index in [0.29, 0.717) is 37.9 Å². The molecule has 33 heavy (non-hydrogen) atoms. The zero-order valence-corrected chi connectivity index (χ0v) is 19.8. The van der Waals surface area contributed by atoms with Gasteiger partial charge in [-0.25, -0.2) is 9.78 Å². The van der Waals surface area contributed by atoms with Crippen molar-refractivity contribution in [1.29, 1.82) is 0 Å². The second-order valence-corrected chi connectivity index (χ2v) is 8.50. The smallest absolute Gasteiger partial charge is 0.329 e. The number of hydrogen-bond acceptors (Lipinski definition) is 7. The predicted octanol–water partition coefficient (Wildman–Crippen LogP) is 5.10. The minimum Gasteiger partial charge on any atom is -0.493 e. The Hall–Kier alpha value is -3.36. The number of esters is 1. The molecule has 2 aromatic carbocycles. The van der Waals surface area contributed by atoms with E-state index in [4.69, 9.17) is 25.8 Å². The summed E-state index contributed by atoms with van der Waals surface area (Å²) in [6, 6.07) is 11.7. The van der Waals surface area contributed by atoms with Crippen molar-refractivity contribution in [3.8, 4) is 22.6 Å². The minimum absolute atomic E-state index is 0.0165. The van der Waals surface area contributed by atoms with Crippen LogP contribution in [0.4, 0.5) is 0 Å². The first-order valence-corrected chi connectivity index (χ1v) is 11.3. The van der Waals surface area contributed by atoms with Gasteiger partial charge in [-0.15, -0.1) is 11.3 Å². The van der Waals surface area contributed by atoms with Crippen LogP contribution in [0.5, 0.6) is 11.5 Å². The van der Waals surface area contributed by atoms with Crippen LogP contribution in [0.2, 0.25) is 5.02 Å². The molecule has 2 aromatic heterocycles. The molecule has 2 heterocycles. The lowest BCUT2D eigenvalue weighted by Crippen LogP contribution is -2.29. The third kappa shape index (κ3) is 4.44. The summed E-state index contributed by atoms with van der Waals surface area (Å²) in [5.41, 5.74) is 1.85. The number of ether oxygens (including phenoxy) is 3. The van der Waals surface area contributed by atoms with Crippen molar-refractivity contribution in [3.63, 3.8) is 0 Å². The summed E-state index contributed by atoms with van der Waals surface area (Å²) in [5.74, 6) is 0.586. The monoisotopic (exact) mass is 484 g/mol. The molecule has 0 amide bonds. The largest absolute Gasteiger partial charge is 0.493 e. The van der Waals surface area contributed by atoms with Crippen molar-refractivity contribution >= 4 is 39.1 Å². The number of benzene rings is 2. The van der Waals surface area contributed by atoms with Gasteiger partial charge in [-0.05, 0) is 30.7 Å². The highest BCUT2D eigenvalue weighted by molar-refractivity contribution is 7.17. The average Bonchev–Trinajstić information content (AvgIpc) is 3.28. The SMILES string of the molecule is COc1ccc(-c2csc3ncn(C(C)C(=O)OCc4ccccc4Cl)c(=O)c23)cc1OC. The fraction of sp³-hybridized carbons (Fsp3) is 0.208. The molecule has 170 valence electrons. The number of carbonyl (C=O) groups excluding carboxylic acids is 1. The molecule has 1 atom stereocenters. The lowest BCUT2D eigenvalue weighted by molar-refractivity contribution is -0.148. The van der Waals surface area contributed by atoms with E-state index in [1.54, 1.807) is 51.5 Å². The maximum Gasteiger partial charge on any atom is 0.329 e. The fourth-order valence-electron chi connectivity index (χ4n) is 3.44. The quantitative estimate of drug-likeness (QED) is 0.339. The zero-order valence-electron chi connectivity index (χ0n) is 18.2. The number of aromatic nitrogens is 2. The Labute approximate surface area is 199 Å². The van der Waals surface area contributed by atoms with Gasteiger partial charge in [0.1, 0.15) is 17.5 Å². The lowest BCUT2D eigenvalue weighted by Gasteiger charge is -2.15. The van der Waals surface area contributed by atoms with E-state index in [1.807, 2.05) is 17.5 Å². The van der Waals surface area contributed by atoms with Gasteiger partial charge in [0.15, 0.2) is 11.5 Å². The molecular formula is C24H21ClN2O5S. The van der Waals surface area contributed by atoms with Crippen LogP contribution >= 0.6 is 22.9 Å². The van der Waals surface area contributed by atoms with Gasteiger partial charge in [-0.2, -0.15) is 0 Å².